The lowest BCUT2D eigenvalue weighted by molar-refractivity contribution is 0.148. The maximum atomic E-state index is 10.7. The van der Waals surface area contributed by atoms with Crippen LogP contribution in [0.4, 0.5) is 5.82 Å². The lowest BCUT2D eigenvalue weighted by Crippen LogP contribution is -2.42. The van der Waals surface area contributed by atoms with Crippen molar-refractivity contribution < 1.29 is 9.84 Å². The predicted molar refractivity (Wildman–Crippen MR) is 128 cm³/mol. The second kappa shape index (κ2) is 7.97. The quantitative estimate of drug-likeness (QED) is 0.584. The van der Waals surface area contributed by atoms with Crippen LogP contribution in [0.1, 0.15) is 46.0 Å². The van der Waals surface area contributed by atoms with Gasteiger partial charge in [-0.05, 0) is 72.8 Å². The van der Waals surface area contributed by atoms with Crippen LogP contribution in [0.25, 0.3) is 22.4 Å². The van der Waals surface area contributed by atoms with Gasteiger partial charge < -0.3 is 14.7 Å². The van der Waals surface area contributed by atoms with E-state index in [9.17, 15) is 5.11 Å². The summed E-state index contributed by atoms with van der Waals surface area (Å²) in [6.07, 6.45) is 8.05. The normalized spacial score (nSPS) is 26.2. The maximum absolute atomic E-state index is 10.7. The van der Waals surface area contributed by atoms with Crippen LogP contribution in [0.15, 0.2) is 42.6 Å². The molecule has 0 unspecified atom stereocenters. The molecular weight excluding hydrogens is 414 g/mol. The molecule has 7 nitrogen and oxygen atoms in total. The highest BCUT2D eigenvalue weighted by molar-refractivity contribution is 5.74. The zero-order chi connectivity index (χ0) is 23.2. The molecular formula is C26H31N5O2. The van der Waals surface area contributed by atoms with Crippen LogP contribution in [0.5, 0.6) is 11.6 Å². The first kappa shape index (κ1) is 21.6. The van der Waals surface area contributed by atoms with Gasteiger partial charge in [-0.15, -0.1) is 15.3 Å². The van der Waals surface area contributed by atoms with Crippen LogP contribution in [-0.2, 0) is 0 Å². The van der Waals surface area contributed by atoms with E-state index in [4.69, 9.17) is 4.74 Å². The molecule has 2 aliphatic carbocycles. The van der Waals surface area contributed by atoms with Crippen molar-refractivity contribution in [2.45, 2.75) is 52.0 Å². The van der Waals surface area contributed by atoms with Gasteiger partial charge in [0.05, 0.1) is 19.0 Å². The fraction of sp³-hybridized carbons (Fsp3) is 0.462. The molecule has 0 saturated heterocycles. The summed E-state index contributed by atoms with van der Waals surface area (Å²) < 4.78 is 5.14. The number of aromatic nitrogens is 4. The lowest BCUT2D eigenvalue weighted by Gasteiger charge is -2.44. The first-order chi connectivity index (χ1) is 15.8. The van der Waals surface area contributed by atoms with Crippen molar-refractivity contribution in [2.75, 3.05) is 19.1 Å². The number of aromatic hydroxyl groups is 1. The Bertz CT molecular complexity index is 1150. The zero-order valence-corrected chi connectivity index (χ0v) is 19.7. The molecule has 0 amide bonds. The van der Waals surface area contributed by atoms with Crippen molar-refractivity contribution in [1.82, 2.24) is 20.4 Å². The standard InChI is InChI=1S/C26H31N5O2/c1-25-9-10-26(2,16-25)14-19(13-25)31(3)23-8-7-21(28-29-23)20-6-5-17(11-22(20)32)18-12-24(33-4)30-27-15-18/h5-8,11-12,15,19,32H,9-10,13-14,16H2,1-4H3/t19-,25-,26+. The van der Waals surface area contributed by atoms with Gasteiger partial charge in [0.15, 0.2) is 5.82 Å². The molecule has 0 radical (unpaired) electrons. The van der Waals surface area contributed by atoms with Crippen molar-refractivity contribution in [2.24, 2.45) is 10.8 Å². The first-order valence-electron chi connectivity index (χ1n) is 11.5. The van der Waals surface area contributed by atoms with Crippen LogP contribution in [-0.4, -0.2) is 45.7 Å². The summed E-state index contributed by atoms with van der Waals surface area (Å²) in [6, 6.07) is 11.7. The number of rotatable bonds is 5. The molecule has 2 aromatic heterocycles. The summed E-state index contributed by atoms with van der Waals surface area (Å²) in [7, 11) is 3.68. The van der Waals surface area contributed by atoms with E-state index in [-0.39, 0.29) is 5.75 Å². The summed E-state index contributed by atoms with van der Waals surface area (Å²) in [6.45, 7) is 4.88. The topological polar surface area (TPSA) is 84.3 Å². The highest BCUT2D eigenvalue weighted by Gasteiger charge is 2.49. The maximum Gasteiger partial charge on any atom is 0.233 e. The Balaban J connectivity index is 1.35. The Kier molecular flexibility index (Phi) is 5.22. The van der Waals surface area contributed by atoms with Gasteiger partial charge in [-0.25, -0.2) is 0 Å². The molecule has 5 rings (SSSR count). The van der Waals surface area contributed by atoms with E-state index in [0.29, 0.717) is 34.0 Å². The highest BCUT2D eigenvalue weighted by atomic mass is 16.5. The van der Waals surface area contributed by atoms with Gasteiger partial charge in [0.1, 0.15) is 5.75 Å². The number of benzene rings is 1. The smallest absolute Gasteiger partial charge is 0.233 e. The van der Waals surface area contributed by atoms with Gasteiger partial charge in [-0.2, -0.15) is 5.10 Å². The number of phenolic OH excluding ortho intramolecular Hbond substituents is 1. The molecule has 172 valence electrons. The monoisotopic (exact) mass is 445 g/mol. The Hall–Kier alpha value is -3.22. The van der Waals surface area contributed by atoms with Crippen LogP contribution >= 0.6 is 0 Å². The Morgan fingerprint density at radius 3 is 2.36 bits per heavy atom. The number of phenols is 1. The van der Waals surface area contributed by atoms with E-state index in [2.05, 4.69) is 46.2 Å². The first-order valence-corrected chi connectivity index (χ1v) is 11.5. The minimum absolute atomic E-state index is 0.142. The van der Waals surface area contributed by atoms with Crippen molar-refractivity contribution in [3.63, 3.8) is 0 Å². The number of ether oxygens (including phenoxy) is 1. The fourth-order valence-electron chi connectivity index (χ4n) is 6.02. The van der Waals surface area contributed by atoms with Gasteiger partial charge in [-0.1, -0.05) is 19.9 Å². The van der Waals surface area contributed by atoms with E-state index in [0.717, 1.165) is 16.9 Å². The van der Waals surface area contributed by atoms with Gasteiger partial charge in [0.2, 0.25) is 5.88 Å². The molecule has 1 aromatic carbocycles. The number of hydrogen-bond donors (Lipinski definition) is 1. The summed E-state index contributed by atoms with van der Waals surface area (Å²) in [5.74, 6) is 1.45. The zero-order valence-electron chi connectivity index (χ0n) is 19.7. The van der Waals surface area contributed by atoms with E-state index >= 15 is 0 Å². The summed E-state index contributed by atoms with van der Waals surface area (Å²) in [4.78, 5) is 2.30. The van der Waals surface area contributed by atoms with Crippen LogP contribution < -0.4 is 9.64 Å². The minimum Gasteiger partial charge on any atom is -0.507 e. The van der Waals surface area contributed by atoms with E-state index in [1.165, 1.54) is 32.1 Å². The van der Waals surface area contributed by atoms with E-state index < -0.39 is 0 Å². The van der Waals surface area contributed by atoms with Crippen LogP contribution in [0, 0.1) is 10.8 Å². The average Bonchev–Trinajstić information content (AvgIpc) is 3.05. The molecule has 2 heterocycles. The predicted octanol–water partition coefficient (Wildman–Crippen LogP) is 5.11. The Labute approximate surface area is 194 Å². The molecule has 33 heavy (non-hydrogen) atoms. The Morgan fingerprint density at radius 1 is 0.970 bits per heavy atom. The number of methoxy groups -OCH3 is 1. The second-order valence-corrected chi connectivity index (χ2v) is 10.5. The number of anilines is 1. The van der Waals surface area contributed by atoms with Gasteiger partial charge >= 0.3 is 0 Å². The van der Waals surface area contributed by atoms with Gasteiger partial charge in [0, 0.05) is 30.3 Å². The molecule has 1 N–H and O–H groups in total. The molecule has 0 spiro atoms. The SMILES string of the molecule is COc1cc(-c2ccc(-c3ccc(N(C)[C@H]4C[C@]5(C)CC[C@](C)(C4)C5)nn3)c(O)c2)cnn1. The molecule has 2 fully saturated rings. The van der Waals surface area contributed by atoms with Crippen molar-refractivity contribution in [1.29, 1.82) is 0 Å². The number of fused-ring (bicyclic) bond motifs is 2. The third kappa shape index (κ3) is 4.12. The molecule has 3 atom stereocenters. The van der Waals surface area contributed by atoms with E-state index in [1.54, 1.807) is 25.4 Å². The third-order valence-electron chi connectivity index (χ3n) is 7.65. The Morgan fingerprint density at radius 2 is 1.73 bits per heavy atom. The number of nitrogens with zero attached hydrogens (tertiary/aromatic N) is 5. The minimum atomic E-state index is 0.142. The highest BCUT2D eigenvalue weighted by Crippen LogP contribution is 2.58. The summed E-state index contributed by atoms with van der Waals surface area (Å²) in [5, 5.41) is 27.5. The van der Waals surface area contributed by atoms with Gasteiger partial charge in [0.25, 0.3) is 0 Å². The molecule has 3 aromatic rings. The van der Waals surface area contributed by atoms with Gasteiger partial charge in [-0.3, -0.25) is 0 Å². The molecule has 2 saturated carbocycles. The molecule has 2 aliphatic rings. The van der Waals surface area contributed by atoms with Crippen molar-refractivity contribution in [3.05, 3.63) is 42.6 Å². The van der Waals surface area contributed by atoms with Crippen LogP contribution in [0.3, 0.4) is 0 Å². The second-order valence-electron chi connectivity index (χ2n) is 10.5. The van der Waals surface area contributed by atoms with Crippen LogP contribution in [0.2, 0.25) is 0 Å². The average molecular weight is 446 g/mol. The molecule has 0 aliphatic heterocycles. The molecule has 2 bridgehead atoms. The summed E-state index contributed by atoms with van der Waals surface area (Å²) in [5.41, 5.74) is 3.82. The fourth-order valence-corrected chi connectivity index (χ4v) is 6.02. The number of hydrogen-bond acceptors (Lipinski definition) is 7. The lowest BCUT2D eigenvalue weighted by atomic mass is 9.68. The largest absolute Gasteiger partial charge is 0.507 e. The van der Waals surface area contributed by atoms with Crippen molar-refractivity contribution in [3.8, 4) is 34.0 Å². The van der Waals surface area contributed by atoms with E-state index in [1.807, 2.05) is 24.3 Å². The molecule has 7 heteroatoms. The van der Waals surface area contributed by atoms with Crippen molar-refractivity contribution >= 4 is 5.82 Å². The summed E-state index contributed by atoms with van der Waals surface area (Å²) >= 11 is 0. The third-order valence-corrected chi connectivity index (χ3v) is 7.65.